The SMILES string of the molecule is O=C(CCN1C(=O)c2ccccc2C1=O)NCc1cn2cc(C(F)(F)F)ccc2n1. The maximum atomic E-state index is 12.8. The molecule has 10 heteroatoms. The normalized spacial score (nSPS) is 13.8. The van der Waals surface area contributed by atoms with Crippen LogP contribution in [0.1, 0.15) is 38.4 Å². The number of pyridine rings is 1. The minimum absolute atomic E-state index is 0.00395. The zero-order valence-electron chi connectivity index (χ0n) is 15.4. The molecule has 1 N–H and O–H groups in total. The highest BCUT2D eigenvalue weighted by atomic mass is 19.4. The van der Waals surface area contributed by atoms with E-state index in [2.05, 4.69) is 10.3 Å². The highest BCUT2D eigenvalue weighted by Crippen LogP contribution is 2.29. The molecule has 0 unspecified atom stereocenters. The molecule has 0 bridgehead atoms. The smallest absolute Gasteiger partial charge is 0.350 e. The van der Waals surface area contributed by atoms with Crippen molar-refractivity contribution in [3.05, 3.63) is 71.2 Å². The number of rotatable bonds is 5. The summed E-state index contributed by atoms with van der Waals surface area (Å²) in [4.78, 5) is 41.9. The van der Waals surface area contributed by atoms with Gasteiger partial charge in [0, 0.05) is 25.4 Å². The molecule has 0 saturated carbocycles. The Morgan fingerprint density at radius 2 is 1.67 bits per heavy atom. The zero-order valence-corrected chi connectivity index (χ0v) is 15.4. The monoisotopic (exact) mass is 416 g/mol. The van der Waals surface area contributed by atoms with Gasteiger partial charge in [0.15, 0.2) is 0 Å². The summed E-state index contributed by atoms with van der Waals surface area (Å²) < 4.78 is 39.6. The summed E-state index contributed by atoms with van der Waals surface area (Å²) in [7, 11) is 0. The van der Waals surface area contributed by atoms with Crippen LogP contribution in [0.2, 0.25) is 0 Å². The number of carbonyl (C=O) groups is 3. The summed E-state index contributed by atoms with van der Waals surface area (Å²) in [6.45, 7) is -0.0672. The van der Waals surface area contributed by atoms with Crippen molar-refractivity contribution in [3.63, 3.8) is 0 Å². The zero-order chi connectivity index (χ0) is 21.5. The summed E-state index contributed by atoms with van der Waals surface area (Å²) >= 11 is 0. The van der Waals surface area contributed by atoms with Crippen molar-refractivity contribution in [1.82, 2.24) is 19.6 Å². The van der Waals surface area contributed by atoms with Gasteiger partial charge in [-0.2, -0.15) is 13.2 Å². The number of carbonyl (C=O) groups excluding carboxylic acids is 3. The summed E-state index contributed by atoms with van der Waals surface area (Å²) in [5, 5.41) is 2.59. The van der Waals surface area contributed by atoms with Crippen LogP contribution in [0.15, 0.2) is 48.8 Å². The van der Waals surface area contributed by atoms with Gasteiger partial charge >= 0.3 is 6.18 Å². The van der Waals surface area contributed by atoms with Gasteiger partial charge in [0.25, 0.3) is 11.8 Å². The Morgan fingerprint density at radius 1 is 1.00 bits per heavy atom. The third kappa shape index (κ3) is 3.63. The van der Waals surface area contributed by atoms with Crippen molar-refractivity contribution in [1.29, 1.82) is 0 Å². The van der Waals surface area contributed by atoms with E-state index in [0.717, 1.165) is 17.2 Å². The van der Waals surface area contributed by atoms with E-state index >= 15 is 0 Å². The van der Waals surface area contributed by atoms with Crippen LogP contribution < -0.4 is 5.32 Å². The van der Waals surface area contributed by atoms with Crippen LogP contribution in [0.25, 0.3) is 5.65 Å². The van der Waals surface area contributed by atoms with Gasteiger partial charge in [-0.25, -0.2) is 4.98 Å². The van der Waals surface area contributed by atoms with Crippen LogP contribution in [0.5, 0.6) is 0 Å². The fourth-order valence-corrected chi connectivity index (χ4v) is 3.23. The largest absolute Gasteiger partial charge is 0.417 e. The number of halogens is 3. The standard InChI is InChI=1S/C20H15F3N4O3/c21-20(22,23)12-5-6-16-25-13(11-26(16)10-12)9-24-17(28)7-8-27-18(29)14-3-1-2-4-15(14)19(27)30/h1-6,10-11H,7-9H2,(H,24,28). The van der Waals surface area contributed by atoms with Crippen LogP contribution in [0.3, 0.4) is 0 Å². The second kappa shape index (κ2) is 7.29. The minimum Gasteiger partial charge on any atom is -0.350 e. The summed E-state index contributed by atoms with van der Waals surface area (Å²) in [6, 6.07) is 8.62. The fourth-order valence-electron chi connectivity index (χ4n) is 3.23. The molecule has 3 aromatic rings. The van der Waals surface area contributed by atoms with Crippen LogP contribution in [0.4, 0.5) is 13.2 Å². The average Bonchev–Trinajstić information content (AvgIpc) is 3.23. The molecule has 0 saturated heterocycles. The molecule has 1 aromatic carbocycles. The molecule has 1 aliphatic heterocycles. The van der Waals surface area contributed by atoms with E-state index in [-0.39, 0.29) is 19.5 Å². The molecule has 0 fully saturated rings. The predicted octanol–water partition coefficient (Wildman–Crippen LogP) is 2.66. The quantitative estimate of drug-likeness (QED) is 0.649. The van der Waals surface area contributed by atoms with Crippen molar-refractivity contribution in [2.24, 2.45) is 0 Å². The average molecular weight is 416 g/mol. The van der Waals surface area contributed by atoms with E-state index in [1.807, 2.05) is 0 Å². The number of imidazole rings is 1. The van der Waals surface area contributed by atoms with Gasteiger partial charge in [-0.15, -0.1) is 0 Å². The highest BCUT2D eigenvalue weighted by molar-refractivity contribution is 6.21. The molecule has 3 heterocycles. The first-order valence-corrected chi connectivity index (χ1v) is 9.01. The Hall–Kier alpha value is -3.69. The second-order valence-corrected chi connectivity index (χ2v) is 6.75. The van der Waals surface area contributed by atoms with E-state index in [1.165, 1.54) is 16.7 Å². The first-order chi connectivity index (χ1) is 14.2. The van der Waals surface area contributed by atoms with E-state index in [4.69, 9.17) is 0 Å². The van der Waals surface area contributed by atoms with Gasteiger partial charge in [0.05, 0.1) is 28.9 Å². The number of nitrogens with one attached hydrogen (secondary N) is 1. The second-order valence-electron chi connectivity index (χ2n) is 6.75. The van der Waals surface area contributed by atoms with Gasteiger partial charge in [-0.05, 0) is 24.3 Å². The molecule has 30 heavy (non-hydrogen) atoms. The molecule has 154 valence electrons. The number of aromatic nitrogens is 2. The molecular weight excluding hydrogens is 401 g/mol. The molecule has 3 amide bonds. The number of imide groups is 1. The van der Waals surface area contributed by atoms with Gasteiger partial charge < -0.3 is 9.72 Å². The molecular formula is C20H15F3N4O3. The summed E-state index contributed by atoms with van der Waals surface area (Å²) in [5.74, 6) is -1.30. The molecule has 0 radical (unpaired) electrons. The van der Waals surface area contributed by atoms with Crippen LogP contribution in [-0.2, 0) is 17.5 Å². The number of fused-ring (bicyclic) bond motifs is 2. The molecule has 0 spiro atoms. The number of nitrogens with zero attached hydrogens (tertiary/aromatic N) is 3. The first-order valence-electron chi connectivity index (χ1n) is 9.01. The molecule has 4 rings (SSSR count). The number of amides is 3. The Kier molecular flexibility index (Phi) is 4.76. The third-order valence-electron chi connectivity index (χ3n) is 4.74. The lowest BCUT2D eigenvalue weighted by molar-refractivity contribution is -0.137. The first kappa shape index (κ1) is 19.6. The van der Waals surface area contributed by atoms with Gasteiger partial charge in [-0.1, -0.05) is 12.1 Å². The van der Waals surface area contributed by atoms with Gasteiger partial charge in [0.2, 0.25) is 5.91 Å². The van der Waals surface area contributed by atoms with E-state index < -0.39 is 29.5 Å². The summed E-state index contributed by atoms with van der Waals surface area (Å²) in [5.41, 5.74) is 0.516. The van der Waals surface area contributed by atoms with E-state index in [0.29, 0.717) is 22.5 Å². The van der Waals surface area contributed by atoms with Crippen molar-refractivity contribution in [2.75, 3.05) is 6.54 Å². The van der Waals surface area contributed by atoms with Crippen LogP contribution in [-0.4, -0.2) is 38.6 Å². The topological polar surface area (TPSA) is 83.8 Å². The van der Waals surface area contributed by atoms with Crippen molar-refractivity contribution in [3.8, 4) is 0 Å². The highest BCUT2D eigenvalue weighted by Gasteiger charge is 2.35. The van der Waals surface area contributed by atoms with Crippen LogP contribution >= 0.6 is 0 Å². The fraction of sp³-hybridized carbons (Fsp3) is 0.200. The Balaban J connectivity index is 1.34. The van der Waals surface area contributed by atoms with E-state index in [1.54, 1.807) is 24.3 Å². The Morgan fingerprint density at radius 3 is 2.30 bits per heavy atom. The van der Waals surface area contributed by atoms with Gasteiger partial charge in [-0.3, -0.25) is 19.3 Å². The Labute approximate surface area is 168 Å². The molecule has 2 aromatic heterocycles. The summed E-state index contributed by atoms with van der Waals surface area (Å²) in [6.07, 6.45) is -2.24. The van der Waals surface area contributed by atoms with Crippen molar-refractivity contribution < 1.29 is 27.6 Å². The molecule has 0 atom stereocenters. The molecule has 1 aliphatic rings. The Bertz CT molecular complexity index is 1130. The number of hydrogen-bond acceptors (Lipinski definition) is 4. The lowest BCUT2D eigenvalue weighted by Crippen LogP contribution is -2.34. The maximum absolute atomic E-state index is 12.8. The number of alkyl halides is 3. The minimum atomic E-state index is -4.46. The number of benzene rings is 1. The van der Waals surface area contributed by atoms with E-state index in [9.17, 15) is 27.6 Å². The number of hydrogen-bond donors (Lipinski definition) is 1. The lowest BCUT2D eigenvalue weighted by atomic mass is 10.1. The van der Waals surface area contributed by atoms with Crippen LogP contribution in [0, 0.1) is 0 Å². The van der Waals surface area contributed by atoms with Crippen molar-refractivity contribution >= 4 is 23.4 Å². The predicted molar refractivity (Wildman–Crippen MR) is 98.5 cm³/mol. The maximum Gasteiger partial charge on any atom is 0.417 e. The lowest BCUT2D eigenvalue weighted by Gasteiger charge is -2.13. The van der Waals surface area contributed by atoms with Gasteiger partial charge in [0.1, 0.15) is 5.65 Å². The third-order valence-corrected chi connectivity index (χ3v) is 4.74. The molecule has 7 nitrogen and oxygen atoms in total. The van der Waals surface area contributed by atoms with Crippen molar-refractivity contribution in [2.45, 2.75) is 19.1 Å². The molecule has 0 aliphatic carbocycles.